The standard InChI is InChI=1S/C21H17ClN2O2S2/c22-16-9-3-1-7-15(16)12-18-20(26)24(21(27)28-18)13-19(25)23-11-5-8-14-6-2-4-10-17(14)23/h1-4,6-7,9-10,12H,5,8,11,13H2/b18-12-. The number of fused-ring (bicyclic) bond motifs is 1. The van der Waals surface area contributed by atoms with E-state index in [1.165, 1.54) is 16.7 Å². The molecule has 0 aliphatic carbocycles. The van der Waals surface area contributed by atoms with Crippen molar-refractivity contribution in [3.8, 4) is 0 Å². The average molecular weight is 429 g/mol. The van der Waals surface area contributed by atoms with Crippen LogP contribution in [-0.2, 0) is 16.0 Å². The molecule has 0 saturated carbocycles. The van der Waals surface area contributed by atoms with Crippen LogP contribution in [0.5, 0.6) is 0 Å². The molecule has 0 unspecified atom stereocenters. The van der Waals surface area contributed by atoms with Crippen LogP contribution in [-0.4, -0.2) is 34.1 Å². The lowest BCUT2D eigenvalue weighted by atomic mass is 10.0. The molecule has 0 bridgehead atoms. The van der Waals surface area contributed by atoms with Gasteiger partial charge in [0.15, 0.2) is 0 Å². The molecule has 0 radical (unpaired) electrons. The zero-order valence-corrected chi connectivity index (χ0v) is 17.3. The van der Waals surface area contributed by atoms with Crippen LogP contribution in [0.3, 0.4) is 0 Å². The Morgan fingerprint density at radius 2 is 1.93 bits per heavy atom. The maximum atomic E-state index is 12.9. The Balaban J connectivity index is 1.53. The van der Waals surface area contributed by atoms with Crippen molar-refractivity contribution < 1.29 is 9.59 Å². The van der Waals surface area contributed by atoms with Gasteiger partial charge in [-0.3, -0.25) is 14.5 Å². The molecule has 1 fully saturated rings. The summed E-state index contributed by atoms with van der Waals surface area (Å²) < 4.78 is 0.391. The Labute approximate surface area is 178 Å². The smallest absolute Gasteiger partial charge is 0.266 e. The number of amides is 2. The molecule has 2 aliphatic rings. The monoisotopic (exact) mass is 428 g/mol. The van der Waals surface area contributed by atoms with Crippen molar-refractivity contribution in [3.05, 3.63) is 69.6 Å². The number of para-hydroxylation sites is 1. The Bertz CT molecular complexity index is 1010. The Morgan fingerprint density at radius 1 is 1.18 bits per heavy atom. The minimum Gasteiger partial charge on any atom is -0.311 e. The van der Waals surface area contributed by atoms with Crippen LogP contribution in [0.15, 0.2) is 53.4 Å². The highest BCUT2D eigenvalue weighted by Gasteiger charge is 2.35. The summed E-state index contributed by atoms with van der Waals surface area (Å²) in [5, 5.41) is 0.564. The summed E-state index contributed by atoms with van der Waals surface area (Å²) >= 11 is 12.7. The quantitative estimate of drug-likeness (QED) is 0.532. The van der Waals surface area contributed by atoms with Gasteiger partial charge < -0.3 is 4.90 Å². The maximum Gasteiger partial charge on any atom is 0.266 e. The van der Waals surface area contributed by atoms with Gasteiger partial charge in [0, 0.05) is 17.3 Å². The topological polar surface area (TPSA) is 40.6 Å². The molecule has 1 saturated heterocycles. The van der Waals surface area contributed by atoms with E-state index in [4.69, 9.17) is 23.8 Å². The van der Waals surface area contributed by atoms with Gasteiger partial charge in [-0.25, -0.2) is 0 Å². The van der Waals surface area contributed by atoms with E-state index in [0.29, 0.717) is 20.8 Å². The number of nitrogens with zero attached hydrogens (tertiary/aromatic N) is 2. The van der Waals surface area contributed by atoms with Crippen LogP contribution in [0.1, 0.15) is 17.5 Å². The maximum absolute atomic E-state index is 12.9. The number of carbonyl (C=O) groups excluding carboxylic acids is 2. The normalized spacial score (nSPS) is 18.0. The van der Waals surface area contributed by atoms with Gasteiger partial charge in [0.1, 0.15) is 10.9 Å². The summed E-state index contributed by atoms with van der Waals surface area (Å²) in [5.74, 6) is -0.379. The lowest BCUT2D eigenvalue weighted by Crippen LogP contribution is -2.44. The zero-order chi connectivity index (χ0) is 19.7. The second-order valence-corrected chi connectivity index (χ2v) is 8.65. The van der Waals surface area contributed by atoms with Gasteiger partial charge in [-0.1, -0.05) is 72.0 Å². The minimum absolute atomic E-state index is 0.0567. The molecule has 0 aromatic heterocycles. The average Bonchev–Trinajstić information content (AvgIpc) is 2.96. The summed E-state index contributed by atoms with van der Waals surface area (Å²) in [6, 6.07) is 15.2. The number of hydrogen-bond acceptors (Lipinski definition) is 4. The number of hydrogen-bond donors (Lipinski definition) is 0. The van der Waals surface area contributed by atoms with E-state index >= 15 is 0 Å². The van der Waals surface area contributed by atoms with Crippen LogP contribution in [0.4, 0.5) is 5.69 Å². The molecule has 0 N–H and O–H groups in total. The van der Waals surface area contributed by atoms with Crippen molar-refractivity contribution in [1.82, 2.24) is 4.90 Å². The predicted molar refractivity (Wildman–Crippen MR) is 118 cm³/mol. The van der Waals surface area contributed by atoms with Crippen molar-refractivity contribution in [3.63, 3.8) is 0 Å². The lowest BCUT2D eigenvalue weighted by Gasteiger charge is -2.30. The van der Waals surface area contributed by atoms with Crippen LogP contribution in [0.2, 0.25) is 5.02 Å². The number of rotatable bonds is 3. The molecule has 0 atom stereocenters. The number of anilines is 1. The van der Waals surface area contributed by atoms with Crippen molar-refractivity contribution in [2.75, 3.05) is 18.0 Å². The molecule has 4 rings (SSSR count). The molecule has 2 amide bonds. The highest BCUT2D eigenvalue weighted by atomic mass is 35.5. The van der Waals surface area contributed by atoms with Gasteiger partial charge in [0.2, 0.25) is 5.91 Å². The van der Waals surface area contributed by atoms with Crippen molar-refractivity contribution >= 4 is 63.5 Å². The molecule has 2 aromatic carbocycles. The molecule has 142 valence electrons. The third kappa shape index (κ3) is 3.72. The van der Waals surface area contributed by atoms with Crippen molar-refractivity contribution in [2.24, 2.45) is 0 Å². The third-order valence-electron chi connectivity index (χ3n) is 4.77. The number of carbonyl (C=O) groups is 2. The molecule has 7 heteroatoms. The molecular weight excluding hydrogens is 412 g/mol. The summed E-state index contributed by atoms with van der Waals surface area (Å²) in [6.45, 7) is 0.596. The number of benzene rings is 2. The number of thioether (sulfide) groups is 1. The van der Waals surface area contributed by atoms with Crippen molar-refractivity contribution in [1.29, 1.82) is 0 Å². The second kappa shape index (κ2) is 8.07. The van der Waals surface area contributed by atoms with Gasteiger partial charge >= 0.3 is 0 Å². The third-order valence-corrected chi connectivity index (χ3v) is 6.49. The Kier molecular flexibility index (Phi) is 5.53. The first-order valence-corrected chi connectivity index (χ1v) is 10.5. The summed E-state index contributed by atoms with van der Waals surface area (Å²) in [7, 11) is 0. The van der Waals surface area contributed by atoms with Gasteiger partial charge in [-0.15, -0.1) is 0 Å². The first-order chi connectivity index (χ1) is 13.5. The van der Waals surface area contributed by atoms with E-state index in [9.17, 15) is 9.59 Å². The van der Waals surface area contributed by atoms with E-state index in [1.807, 2.05) is 42.5 Å². The highest BCUT2D eigenvalue weighted by molar-refractivity contribution is 8.26. The molecule has 2 aliphatic heterocycles. The van der Waals surface area contributed by atoms with Crippen LogP contribution in [0.25, 0.3) is 6.08 Å². The lowest BCUT2D eigenvalue weighted by molar-refractivity contribution is -0.127. The Hall–Kier alpha value is -2.15. The van der Waals surface area contributed by atoms with Gasteiger partial charge in [-0.2, -0.15) is 0 Å². The number of aryl methyl sites for hydroxylation is 1. The van der Waals surface area contributed by atoms with Gasteiger partial charge in [0.05, 0.1) is 4.91 Å². The summed E-state index contributed by atoms with van der Waals surface area (Å²) in [5.41, 5.74) is 2.84. The molecule has 2 heterocycles. The van der Waals surface area contributed by atoms with E-state index < -0.39 is 0 Å². The molecular formula is C21H17ClN2O2S2. The van der Waals surface area contributed by atoms with Crippen LogP contribution in [0, 0.1) is 0 Å². The fourth-order valence-corrected chi connectivity index (χ4v) is 4.82. The fourth-order valence-electron chi connectivity index (χ4n) is 3.38. The zero-order valence-electron chi connectivity index (χ0n) is 14.9. The van der Waals surface area contributed by atoms with Gasteiger partial charge in [-0.05, 0) is 42.2 Å². The van der Waals surface area contributed by atoms with E-state index in [-0.39, 0.29) is 18.4 Å². The largest absolute Gasteiger partial charge is 0.311 e. The van der Waals surface area contributed by atoms with E-state index in [2.05, 4.69) is 0 Å². The van der Waals surface area contributed by atoms with Crippen LogP contribution < -0.4 is 4.90 Å². The summed E-state index contributed by atoms with van der Waals surface area (Å²) in [4.78, 5) is 29.4. The minimum atomic E-state index is -0.256. The Morgan fingerprint density at radius 3 is 2.75 bits per heavy atom. The SMILES string of the molecule is O=C1/C(=C/c2ccccc2Cl)SC(=S)N1CC(=O)N1CCCc2ccccc21. The molecule has 4 nitrogen and oxygen atoms in total. The molecule has 28 heavy (non-hydrogen) atoms. The first kappa shape index (κ1) is 19.2. The first-order valence-electron chi connectivity index (χ1n) is 8.93. The number of thiocarbonyl (C=S) groups is 1. The molecule has 0 spiro atoms. The van der Waals surface area contributed by atoms with E-state index in [1.54, 1.807) is 17.0 Å². The van der Waals surface area contributed by atoms with Crippen molar-refractivity contribution in [2.45, 2.75) is 12.8 Å². The highest BCUT2D eigenvalue weighted by Crippen LogP contribution is 2.34. The fraction of sp³-hybridized carbons (Fsp3) is 0.190. The number of halogens is 1. The molecule has 2 aromatic rings. The van der Waals surface area contributed by atoms with Gasteiger partial charge in [0.25, 0.3) is 5.91 Å². The predicted octanol–water partition coefficient (Wildman–Crippen LogP) is 4.52. The summed E-state index contributed by atoms with van der Waals surface area (Å²) in [6.07, 6.45) is 3.59. The van der Waals surface area contributed by atoms with Crippen LogP contribution >= 0.6 is 35.6 Å². The second-order valence-electron chi connectivity index (χ2n) is 6.57. The van der Waals surface area contributed by atoms with E-state index in [0.717, 1.165) is 29.7 Å².